The summed E-state index contributed by atoms with van der Waals surface area (Å²) in [4.78, 5) is 34.3. The fourth-order valence-corrected chi connectivity index (χ4v) is 16.8. The summed E-state index contributed by atoms with van der Waals surface area (Å²) >= 11 is 13.0. The van der Waals surface area contributed by atoms with E-state index in [1.165, 1.54) is 0 Å². The first-order valence-corrected chi connectivity index (χ1v) is 36.3. The van der Waals surface area contributed by atoms with Crippen LogP contribution in [0.5, 0.6) is 11.5 Å². The highest BCUT2D eigenvalue weighted by molar-refractivity contribution is 7.91. The van der Waals surface area contributed by atoms with Crippen molar-refractivity contribution in [3.8, 4) is 23.6 Å². The maximum Gasteiger partial charge on any atom is 0.314 e. The number of unbranched alkanes of at least 4 members (excludes halogenated alkanes) is 1. The average Bonchev–Trinajstić information content (AvgIpc) is 1.62. The van der Waals surface area contributed by atoms with Crippen LogP contribution in [0, 0.1) is 28.6 Å². The van der Waals surface area contributed by atoms with Gasteiger partial charge in [-0.05, 0) is 192 Å². The number of carbonyl (C=O) groups is 2. The number of urea groups is 2. The van der Waals surface area contributed by atoms with E-state index in [-0.39, 0.29) is 63.9 Å². The maximum absolute atomic E-state index is 13.6. The monoisotopic (exact) mass is 1340 g/mol. The van der Waals surface area contributed by atoms with E-state index in [0.29, 0.717) is 144 Å². The molecule has 92 heavy (non-hydrogen) atoms. The van der Waals surface area contributed by atoms with E-state index < -0.39 is 19.9 Å². The number of sulfone groups is 1. The molecule has 0 spiro atoms. The Morgan fingerprint density at radius 3 is 1.57 bits per heavy atom. The van der Waals surface area contributed by atoms with Crippen LogP contribution in [0.3, 0.4) is 0 Å². The summed E-state index contributed by atoms with van der Waals surface area (Å²) in [5, 5.41) is 38.9. The highest BCUT2D eigenvalue weighted by Gasteiger charge is 2.42. The first kappa shape index (κ1) is 69.0. The number of fused-ring (bicyclic) bond motifs is 2. The van der Waals surface area contributed by atoms with E-state index >= 15 is 0 Å². The number of benzene rings is 4. The molecule has 4 aromatic rings. The lowest BCUT2D eigenvalue weighted by atomic mass is 10.0. The smallest absolute Gasteiger partial charge is 0.314 e. The van der Waals surface area contributed by atoms with Gasteiger partial charge >= 0.3 is 12.1 Å². The lowest BCUT2D eigenvalue weighted by Gasteiger charge is -2.32. The van der Waals surface area contributed by atoms with Crippen molar-refractivity contribution >= 4 is 55.1 Å². The van der Waals surface area contributed by atoms with Gasteiger partial charge < -0.3 is 55.7 Å². The molecule has 0 bridgehead atoms. The lowest BCUT2D eigenvalue weighted by Crippen LogP contribution is -2.42. The molecule has 10 rings (SSSR count). The molecule has 6 atom stereocenters. The number of amides is 4. The van der Waals surface area contributed by atoms with Gasteiger partial charge in [0.1, 0.15) is 23.7 Å². The quantitative estimate of drug-likeness (QED) is 0.0353. The zero-order valence-electron chi connectivity index (χ0n) is 52.2. The van der Waals surface area contributed by atoms with Crippen LogP contribution < -0.4 is 46.1 Å². The highest BCUT2D eigenvalue weighted by atomic mass is 35.5. The molecule has 0 unspecified atom stereocenters. The fourth-order valence-electron chi connectivity index (χ4n) is 13.5. The minimum Gasteiger partial charge on any atom is -0.484 e. The lowest BCUT2D eigenvalue weighted by molar-refractivity contribution is 0.0820. The Bertz CT molecular complexity index is 3210. The Kier molecular flexibility index (Phi) is 25.1. The van der Waals surface area contributed by atoms with Crippen LogP contribution in [0.2, 0.25) is 10.0 Å². The van der Waals surface area contributed by atoms with E-state index in [0.717, 1.165) is 107 Å². The average molecular weight is 1350 g/mol. The molecule has 4 fully saturated rings. The number of sulfonamides is 1. The number of nitriles is 2. The number of rotatable bonds is 29. The van der Waals surface area contributed by atoms with Crippen molar-refractivity contribution in [3.05, 3.63) is 116 Å². The molecule has 498 valence electrons. The van der Waals surface area contributed by atoms with Gasteiger partial charge in [0.2, 0.25) is 10.0 Å². The topological polar surface area (TPSA) is 284 Å². The van der Waals surface area contributed by atoms with Crippen molar-refractivity contribution in [3.63, 3.8) is 0 Å². The van der Waals surface area contributed by atoms with E-state index in [4.69, 9.17) is 42.1 Å². The predicted molar refractivity (Wildman–Crippen MR) is 351 cm³/mol. The maximum atomic E-state index is 13.6. The van der Waals surface area contributed by atoms with Gasteiger partial charge in [-0.2, -0.15) is 10.5 Å². The summed E-state index contributed by atoms with van der Waals surface area (Å²) < 4.78 is 81.9. The molecule has 27 heteroatoms. The van der Waals surface area contributed by atoms with Gasteiger partial charge in [0.25, 0.3) is 0 Å². The molecule has 4 aromatic carbocycles. The molecule has 4 heterocycles. The molecular formula is C65H87Cl2N13O10S2. The largest absolute Gasteiger partial charge is 0.484 e. The zero-order valence-corrected chi connectivity index (χ0v) is 55.3. The van der Waals surface area contributed by atoms with Crippen molar-refractivity contribution in [1.82, 2.24) is 56.2 Å². The summed E-state index contributed by atoms with van der Waals surface area (Å²) in [5.41, 5.74) is 4.81. The number of hydrogen-bond acceptors (Lipinski definition) is 18. The number of likely N-dealkylation sites (tertiary alicyclic amines) is 2. The fraction of sp³-hybridized carbons (Fsp3) is 0.569. The number of nitrogens with zero attached hydrogens (tertiary/aromatic N) is 6. The number of hydrogen-bond donors (Lipinski definition) is 7. The number of halogens is 2. The molecule has 6 aliphatic rings. The third kappa shape index (κ3) is 19.0. The van der Waals surface area contributed by atoms with Crippen LogP contribution in [-0.2, 0) is 42.2 Å². The minimum atomic E-state index is -3.81. The summed E-state index contributed by atoms with van der Waals surface area (Å²) in [7, 11) is -7.37. The molecule has 0 aromatic heterocycles. The van der Waals surface area contributed by atoms with E-state index in [1.54, 1.807) is 60.7 Å². The molecule has 2 aliphatic carbocycles. The SMILES string of the molecule is N#Cc1cc(Cl)cc2c1C[C@H](N1CCCNCC1)[C@H]2Oc1ccc(S(=O)(=O)C[C@@H]2CCN(CCOCCNC(=O)NCCCCNC(=O)NCCOCCN3CC[C@@H](NS(=O)(=O)c4ccc(O[C@H]5c6cc(Cl)cc(C#N)c6C[C@@H]5N5CCCNCC5)cc4)C3)C2)cc1. The van der Waals surface area contributed by atoms with Gasteiger partial charge in [-0.3, -0.25) is 14.7 Å². The second kappa shape index (κ2) is 33.5. The van der Waals surface area contributed by atoms with Crippen molar-refractivity contribution in [1.29, 1.82) is 10.5 Å². The predicted octanol–water partition coefficient (Wildman–Crippen LogP) is 4.98. The molecule has 4 saturated heterocycles. The molecule has 4 aliphatic heterocycles. The van der Waals surface area contributed by atoms with Crippen LogP contribution >= 0.6 is 23.2 Å². The minimum absolute atomic E-state index is 0.000319. The van der Waals surface area contributed by atoms with Crippen molar-refractivity contribution in [2.75, 3.05) is 150 Å². The van der Waals surface area contributed by atoms with Crippen LogP contribution in [0.4, 0.5) is 9.59 Å². The molecular weight excluding hydrogens is 1260 g/mol. The Balaban J connectivity index is 0.525. The summed E-state index contributed by atoms with van der Waals surface area (Å²) in [5.74, 6) is 1.13. The molecule has 0 radical (unpaired) electrons. The first-order valence-electron chi connectivity index (χ1n) is 32.4. The first-order chi connectivity index (χ1) is 44.6. The summed E-state index contributed by atoms with van der Waals surface area (Å²) in [6.07, 6.45) is 5.37. The van der Waals surface area contributed by atoms with Crippen LogP contribution in [-0.4, -0.2) is 217 Å². The van der Waals surface area contributed by atoms with Crippen molar-refractivity contribution in [2.45, 2.75) is 91.5 Å². The molecule has 0 saturated carbocycles. The van der Waals surface area contributed by atoms with Gasteiger partial charge in [-0.15, -0.1) is 0 Å². The van der Waals surface area contributed by atoms with E-state index in [2.05, 4.69) is 68.4 Å². The van der Waals surface area contributed by atoms with Crippen LogP contribution in [0.25, 0.3) is 0 Å². The molecule has 7 N–H and O–H groups in total. The number of ether oxygens (including phenoxy) is 4. The summed E-state index contributed by atoms with van der Waals surface area (Å²) in [6, 6.07) is 24.2. The van der Waals surface area contributed by atoms with Gasteiger partial charge in [-0.1, -0.05) is 23.2 Å². The Labute approximate surface area is 551 Å². The highest BCUT2D eigenvalue weighted by Crippen LogP contribution is 2.43. The zero-order chi connectivity index (χ0) is 64.5. The van der Waals surface area contributed by atoms with E-state index in [1.807, 2.05) is 12.1 Å². The van der Waals surface area contributed by atoms with Crippen LogP contribution in [0.1, 0.15) is 84.1 Å². The normalized spacial score (nSPS) is 22.3. The van der Waals surface area contributed by atoms with Gasteiger partial charge in [0.15, 0.2) is 9.84 Å². The standard InChI is InChI=1S/C65H87Cl2N13O10S2/c66-49-35-47(41-68)56-39-60(79-23-3-15-70-19-27-79)62(58(56)37-49)89-52-5-9-54(10-6-52)91(83,84)45-46-13-25-77(43-46)29-33-87-31-21-74-64(81)72-17-1-2-18-73-65(82)75-22-32-88-34-30-78-26-14-51(44-78)76-92(85,86)55-11-7-53(8-12-55)90-63-59-38-50(67)36-48(42-69)57(59)40-61(63)80-24-4-16-71-20-28-80/h5-12,35-38,46,51,60-63,70-71,76H,1-4,13-34,39-40,43-45H2,(H2,72,74,81)(H2,73,75,82)/t46-,51-,60+,61+,62+,63+/m1/s1. The van der Waals surface area contributed by atoms with Crippen molar-refractivity contribution < 1.29 is 45.4 Å². The Morgan fingerprint density at radius 1 is 0.576 bits per heavy atom. The van der Waals surface area contributed by atoms with Gasteiger partial charge in [0, 0.05) is 94.6 Å². The van der Waals surface area contributed by atoms with Gasteiger partial charge in [-0.25, -0.2) is 31.1 Å². The molecule has 4 amide bonds. The van der Waals surface area contributed by atoms with Crippen LogP contribution in [0.15, 0.2) is 82.6 Å². The Morgan fingerprint density at radius 2 is 1.05 bits per heavy atom. The molecule has 23 nitrogen and oxygen atoms in total. The second-order valence-electron chi connectivity index (χ2n) is 24.5. The third-order valence-corrected chi connectivity index (χ3v) is 22.0. The van der Waals surface area contributed by atoms with Gasteiger partial charge in [0.05, 0.1) is 77.3 Å². The number of carbonyl (C=O) groups excluding carboxylic acids is 2. The second-order valence-corrected chi connectivity index (χ2v) is 29.2. The van der Waals surface area contributed by atoms with Crippen molar-refractivity contribution in [2.24, 2.45) is 5.92 Å². The van der Waals surface area contributed by atoms with E-state index in [9.17, 15) is 36.9 Å². The Hall–Kier alpha value is -5.88. The number of nitrogens with one attached hydrogen (secondary N) is 7. The third-order valence-electron chi connectivity index (χ3n) is 18.2. The summed E-state index contributed by atoms with van der Waals surface area (Å²) in [6.45, 7) is 14.2.